The highest BCUT2D eigenvalue weighted by atomic mass is 19.4. The van der Waals surface area contributed by atoms with Gasteiger partial charge in [0.15, 0.2) is 0 Å². The van der Waals surface area contributed by atoms with E-state index in [0.717, 1.165) is 19.3 Å². The minimum Gasteiger partial charge on any atom is -0.376 e. The molecule has 0 radical (unpaired) electrons. The van der Waals surface area contributed by atoms with Gasteiger partial charge in [0, 0.05) is 12.6 Å². The summed E-state index contributed by atoms with van der Waals surface area (Å²) in [4.78, 5) is 12.1. The van der Waals surface area contributed by atoms with Crippen LogP contribution in [-0.4, -0.2) is 43.5 Å². The van der Waals surface area contributed by atoms with Crippen LogP contribution in [0, 0.1) is 5.92 Å². The minimum atomic E-state index is -4.27. The van der Waals surface area contributed by atoms with Gasteiger partial charge in [-0.2, -0.15) is 13.2 Å². The third-order valence-electron chi connectivity index (χ3n) is 4.69. The van der Waals surface area contributed by atoms with E-state index >= 15 is 0 Å². The molecule has 0 aromatic carbocycles. The van der Waals surface area contributed by atoms with Gasteiger partial charge in [0.1, 0.15) is 6.10 Å². The first-order chi connectivity index (χ1) is 10.9. The maximum Gasteiger partial charge on any atom is 0.393 e. The summed E-state index contributed by atoms with van der Waals surface area (Å²) in [7, 11) is 0. The molecular weight excluding hydrogens is 311 g/mol. The van der Waals surface area contributed by atoms with E-state index in [9.17, 15) is 18.0 Å². The van der Waals surface area contributed by atoms with Crippen molar-refractivity contribution in [3.05, 3.63) is 0 Å². The third-order valence-corrected chi connectivity index (χ3v) is 4.69. The Labute approximate surface area is 135 Å². The summed E-state index contributed by atoms with van der Waals surface area (Å²) in [5.41, 5.74) is 0. The smallest absolute Gasteiger partial charge is 0.376 e. The van der Waals surface area contributed by atoms with E-state index in [0.29, 0.717) is 32.5 Å². The molecule has 1 aliphatic heterocycles. The van der Waals surface area contributed by atoms with Gasteiger partial charge in [0.2, 0.25) is 5.91 Å². The Kier molecular flexibility index (Phi) is 6.71. The molecule has 4 nitrogen and oxygen atoms in total. The van der Waals surface area contributed by atoms with Gasteiger partial charge in [-0.3, -0.25) is 4.79 Å². The molecule has 0 aromatic heterocycles. The number of carbonyl (C=O) groups is 1. The Morgan fingerprint density at radius 3 is 2.57 bits per heavy atom. The summed E-state index contributed by atoms with van der Waals surface area (Å²) in [5.74, 6) is -1.92. The topological polar surface area (TPSA) is 47.6 Å². The highest BCUT2D eigenvalue weighted by Gasteiger charge is 2.46. The molecule has 1 saturated carbocycles. The van der Waals surface area contributed by atoms with Crippen LogP contribution in [0.1, 0.15) is 51.9 Å². The van der Waals surface area contributed by atoms with E-state index in [1.807, 2.05) is 0 Å². The van der Waals surface area contributed by atoms with E-state index in [2.05, 4.69) is 5.32 Å². The van der Waals surface area contributed by atoms with Crippen LogP contribution in [0.2, 0.25) is 0 Å². The Morgan fingerprint density at radius 1 is 1.22 bits per heavy atom. The summed E-state index contributed by atoms with van der Waals surface area (Å²) < 4.78 is 50.1. The zero-order valence-corrected chi connectivity index (χ0v) is 13.5. The maximum atomic E-state index is 13.0. The lowest BCUT2D eigenvalue weighted by atomic mass is 9.84. The lowest BCUT2D eigenvalue weighted by Gasteiger charge is -2.34. The molecule has 0 unspecified atom stereocenters. The number of amides is 1. The van der Waals surface area contributed by atoms with Crippen LogP contribution >= 0.6 is 0 Å². The van der Waals surface area contributed by atoms with Crippen LogP contribution in [0.3, 0.4) is 0 Å². The van der Waals surface area contributed by atoms with Crippen LogP contribution in [-0.2, 0) is 14.3 Å². The van der Waals surface area contributed by atoms with Gasteiger partial charge in [0.25, 0.3) is 0 Å². The molecule has 4 atom stereocenters. The summed E-state index contributed by atoms with van der Waals surface area (Å²) in [5, 5.41) is 2.54. The molecule has 1 saturated heterocycles. The van der Waals surface area contributed by atoms with Gasteiger partial charge < -0.3 is 14.8 Å². The molecule has 2 fully saturated rings. The third kappa shape index (κ3) is 5.64. The average Bonchev–Trinajstić information content (AvgIpc) is 2.53. The number of ether oxygens (including phenoxy) is 2. The molecule has 1 aliphatic carbocycles. The van der Waals surface area contributed by atoms with Crippen molar-refractivity contribution in [1.82, 2.24) is 5.32 Å². The van der Waals surface area contributed by atoms with Gasteiger partial charge in [-0.25, -0.2) is 0 Å². The predicted octanol–water partition coefficient (Wildman–Crippen LogP) is 3.20. The zero-order chi connectivity index (χ0) is 16.9. The summed E-state index contributed by atoms with van der Waals surface area (Å²) in [6.45, 7) is 2.58. The molecular formula is C16H26F3NO3. The molecule has 2 rings (SSSR count). The largest absolute Gasteiger partial charge is 0.393 e. The van der Waals surface area contributed by atoms with Crippen LogP contribution in [0.4, 0.5) is 13.2 Å². The van der Waals surface area contributed by atoms with Crippen molar-refractivity contribution in [1.29, 1.82) is 0 Å². The van der Waals surface area contributed by atoms with Gasteiger partial charge >= 0.3 is 6.18 Å². The van der Waals surface area contributed by atoms with E-state index in [4.69, 9.17) is 9.47 Å². The lowest BCUT2D eigenvalue weighted by molar-refractivity contribution is -0.189. The summed E-state index contributed by atoms with van der Waals surface area (Å²) in [6.07, 6.45) is -0.325. The number of carbonyl (C=O) groups excluding carboxylic acids is 1. The van der Waals surface area contributed by atoms with Crippen LogP contribution < -0.4 is 5.32 Å². The van der Waals surface area contributed by atoms with Crippen LogP contribution in [0.15, 0.2) is 0 Å². The number of rotatable bonds is 5. The first-order valence-electron chi connectivity index (χ1n) is 8.48. The molecule has 1 N–H and O–H groups in total. The number of alkyl halides is 3. The average molecular weight is 337 g/mol. The normalized spacial score (nSPS) is 30.7. The molecule has 2 aliphatic rings. The molecule has 0 bridgehead atoms. The van der Waals surface area contributed by atoms with Gasteiger partial charge in [0.05, 0.1) is 18.6 Å². The molecule has 0 spiro atoms. The molecule has 1 amide bonds. The summed E-state index contributed by atoms with van der Waals surface area (Å²) in [6, 6.07) is -0.840. The number of hydrogen-bond acceptors (Lipinski definition) is 3. The lowest BCUT2D eigenvalue weighted by Crippen LogP contribution is -2.50. The fourth-order valence-electron chi connectivity index (χ4n) is 3.26. The van der Waals surface area contributed by atoms with Crippen LogP contribution in [0.5, 0.6) is 0 Å². The fourth-order valence-corrected chi connectivity index (χ4v) is 3.26. The Hall–Kier alpha value is -0.820. The molecule has 23 heavy (non-hydrogen) atoms. The minimum absolute atomic E-state index is 0.0170. The SMILES string of the molecule is C[C@H](OC[C@@H]1CCCCO1)C(=O)N[C@@H]1CCCC[C@@H]1C(F)(F)F. The molecule has 134 valence electrons. The quantitative estimate of drug-likeness (QED) is 0.838. The van der Waals surface area contributed by atoms with E-state index in [1.165, 1.54) is 0 Å². The van der Waals surface area contributed by atoms with Crippen molar-refractivity contribution in [3.63, 3.8) is 0 Å². The molecule has 1 heterocycles. The monoisotopic (exact) mass is 337 g/mol. The van der Waals surface area contributed by atoms with E-state index in [1.54, 1.807) is 6.92 Å². The number of hydrogen-bond donors (Lipinski definition) is 1. The zero-order valence-electron chi connectivity index (χ0n) is 13.5. The van der Waals surface area contributed by atoms with Gasteiger partial charge in [-0.15, -0.1) is 0 Å². The number of halogens is 3. The van der Waals surface area contributed by atoms with Crippen molar-refractivity contribution in [2.75, 3.05) is 13.2 Å². The Balaban J connectivity index is 1.79. The van der Waals surface area contributed by atoms with Gasteiger partial charge in [-0.1, -0.05) is 12.8 Å². The second kappa shape index (κ2) is 8.33. The van der Waals surface area contributed by atoms with Crippen molar-refractivity contribution < 1.29 is 27.4 Å². The summed E-state index contributed by atoms with van der Waals surface area (Å²) >= 11 is 0. The van der Waals surface area contributed by atoms with Crippen molar-refractivity contribution in [2.45, 2.75) is 76.3 Å². The first kappa shape index (κ1) is 18.5. The predicted molar refractivity (Wildman–Crippen MR) is 78.9 cm³/mol. The number of nitrogens with one attached hydrogen (secondary N) is 1. The van der Waals surface area contributed by atoms with Gasteiger partial charge in [-0.05, 0) is 39.0 Å². The maximum absolute atomic E-state index is 13.0. The van der Waals surface area contributed by atoms with E-state index < -0.39 is 30.1 Å². The molecule has 0 aromatic rings. The highest BCUT2D eigenvalue weighted by molar-refractivity contribution is 5.80. The highest BCUT2D eigenvalue weighted by Crippen LogP contribution is 2.37. The standard InChI is InChI=1S/C16H26F3NO3/c1-11(23-10-12-6-4-5-9-22-12)15(21)20-14-8-3-2-7-13(14)16(17,18)19/h11-14H,2-10H2,1H3,(H,20,21)/t11-,12-,13-,14+/m0/s1. The first-order valence-corrected chi connectivity index (χ1v) is 8.48. The Morgan fingerprint density at radius 2 is 1.91 bits per heavy atom. The second-order valence-corrected chi connectivity index (χ2v) is 6.51. The van der Waals surface area contributed by atoms with Crippen molar-refractivity contribution >= 4 is 5.91 Å². The fraction of sp³-hybridized carbons (Fsp3) is 0.938. The van der Waals surface area contributed by atoms with Crippen LogP contribution in [0.25, 0.3) is 0 Å². The van der Waals surface area contributed by atoms with Crippen molar-refractivity contribution in [2.24, 2.45) is 5.92 Å². The van der Waals surface area contributed by atoms with Crippen molar-refractivity contribution in [3.8, 4) is 0 Å². The second-order valence-electron chi connectivity index (χ2n) is 6.51. The van der Waals surface area contributed by atoms with E-state index in [-0.39, 0.29) is 12.5 Å². The molecule has 7 heteroatoms. The Bertz CT molecular complexity index is 383.